The summed E-state index contributed by atoms with van der Waals surface area (Å²) in [5.41, 5.74) is 1.07. The van der Waals surface area contributed by atoms with E-state index in [0.717, 1.165) is 5.56 Å². The molecule has 0 radical (unpaired) electrons. The molecule has 1 amide bonds. The van der Waals surface area contributed by atoms with E-state index in [2.05, 4.69) is 10.3 Å². The van der Waals surface area contributed by atoms with E-state index in [1.807, 2.05) is 19.9 Å². The number of carbonyl (C=O) groups is 1. The van der Waals surface area contributed by atoms with E-state index in [1.165, 1.54) is 10.6 Å². The van der Waals surface area contributed by atoms with Crippen molar-refractivity contribution in [2.45, 2.75) is 33.3 Å². The van der Waals surface area contributed by atoms with Crippen molar-refractivity contribution in [3.63, 3.8) is 0 Å². The first-order valence-electron chi connectivity index (χ1n) is 7.32. The highest BCUT2D eigenvalue weighted by Crippen LogP contribution is 2.05. The Labute approximate surface area is 128 Å². The number of aliphatic hydroxyl groups is 1. The van der Waals surface area contributed by atoms with Crippen LogP contribution in [0.4, 0.5) is 0 Å². The number of hydrogen-bond acceptors (Lipinski definition) is 4. The van der Waals surface area contributed by atoms with Gasteiger partial charge < -0.3 is 10.4 Å². The summed E-state index contributed by atoms with van der Waals surface area (Å²) in [6.45, 7) is 5.91. The summed E-state index contributed by atoms with van der Waals surface area (Å²) in [6, 6.07) is 3.60. The van der Waals surface area contributed by atoms with Gasteiger partial charge in [0.05, 0.1) is 6.10 Å². The topological polar surface area (TPSA) is 83.7 Å². The highest BCUT2D eigenvalue weighted by molar-refractivity contribution is 5.93. The highest BCUT2D eigenvalue weighted by Gasteiger charge is 2.14. The zero-order valence-electron chi connectivity index (χ0n) is 13.0. The molecule has 22 heavy (non-hydrogen) atoms. The molecule has 2 unspecified atom stereocenters. The van der Waals surface area contributed by atoms with Crippen LogP contribution in [0.5, 0.6) is 0 Å². The Bertz CT molecular complexity index is 737. The molecule has 0 fully saturated rings. The van der Waals surface area contributed by atoms with E-state index >= 15 is 0 Å². The summed E-state index contributed by atoms with van der Waals surface area (Å²) in [6.07, 6.45) is 3.15. The number of nitrogens with zero attached hydrogens (tertiary/aromatic N) is 2. The van der Waals surface area contributed by atoms with Crippen molar-refractivity contribution in [2.24, 2.45) is 5.92 Å². The fourth-order valence-corrected chi connectivity index (χ4v) is 2.37. The average Bonchev–Trinajstić information content (AvgIpc) is 2.45. The standard InChI is InChI=1S/C16H21N3O3/c1-10-4-5-14-17-8-13(16(22)19(14)9-10)15(21)18-7-11(2)6-12(3)20/h4-5,8-9,11-12,20H,6-7H2,1-3H3,(H,18,21). The Hall–Kier alpha value is -2.21. The first-order chi connectivity index (χ1) is 10.4. The lowest BCUT2D eigenvalue weighted by Crippen LogP contribution is -2.34. The summed E-state index contributed by atoms with van der Waals surface area (Å²) in [4.78, 5) is 28.7. The Morgan fingerprint density at radius 2 is 2.14 bits per heavy atom. The lowest BCUT2D eigenvalue weighted by molar-refractivity contribution is 0.0937. The predicted molar refractivity (Wildman–Crippen MR) is 84.0 cm³/mol. The number of amides is 1. The maximum absolute atomic E-state index is 12.4. The zero-order chi connectivity index (χ0) is 16.3. The van der Waals surface area contributed by atoms with Gasteiger partial charge in [-0.05, 0) is 37.8 Å². The molecule has 2 atom stereocenters. The molecule has 0 bridgehead atoms. The lowest BCUT2D eigenvalue weighted by Gasteiger charge is -2.14. The van der Waals surface area contributed by atoms with Crippen LogP contribution in [-0.2, 0) is 0 Å². The van der Waals surface area contributed by atoms with Gasteiger partial charge in [0.15, 0.2) is 0 Å². The molecule has 2 aromatic rings. The fourth-order valence-electron chi connectivity index (χ4n) is 2.37. The van der Waals surface area contributed by atoms with Gasteiger partial charge in [-0.1, -0.05) is 13.0 Å². The van der Waals surface area contributed by atoms with E-state index in [9.17, 15) is 14.7 Å². The van der Waals surface area contributed by atoms with Crippen molar-refractivity contribution in [1.29, 1.82) is 0 Å². The molecule has 2 N–H and O–H groups in total. The molecule has 0 aliphatic carbocycles. The molecular formula is C16H21N3O3. The van der Waals surface area contributed by atoms with Crippen molar-refractivity contribution in [3.05, 3.63) is 46.0 Å². The van der Waals surface area contributed by atoms with E-state index < -0.39 is 12.0 Å². The number of hydrogen-bond donors (Lipinski definition) is 2. The van der Waals surface area contributed by atoms with Gasteiger partial charge >= 0.3 is 0 Å². The minimum Gasteiger partial charge on any atom is -0.393 e. The van der Waals surface area contributed by atoms with Crippen LogP contribution >= 0.6 is 0 Å². The van der Waals surface area contributed by atoms with Crippen molar-refractivity contribution in [3.8, 4) is 0 Å². The van der Waals surface area contributed by atoms with Gasteiger partial charge in [0, 0.05) is 18.9 Å². The molecule has 6 nitrogen and oxygen atoms in total. The molecule has 2 rings (SSSR count). The largest absolute Gasteiger partial charge is 0.393 e. The SMILES string of the molecule is Cc1ccc2ncc(C(=O)NCC(C)CC(C)O)c(=O)n2c1. The Morgan fingerprint density at radius 3 is 2.82 bits per heavy atom. The number of aliphatic hydroxyl groups excluding tert-OH is 1. The summed E-state index contributed by atoms with van der Waals surface area (Å²) < 4.78 is 1.38. The fraction of sp³-hybridized carbons (Fsp3) is 0.438. The molecule has 6 heteroatoms. The minimum atomic E-state index is -0.439. The Balaban J connectivity index is 2.18. The van der Waals surface area contributed by atoms with Gasteiger partial charge in [-0.25, -0.2) is 4.98 Å². The van der Waals surface area contributed by atoms with Gasteiger partial charge in [0.1, 0.15) is 11.2 Å². The quantitative estimate of drug-likeness (QED) is 0.867. The van der Waals surface area contributed by atoms with Crippen LogP contribution in [0.25, 0.3) is 5.65 Å². The second-order valence-electron chi connectivity index (χ2n) is 5.81. The van der Waals surface area contributed by atoms with Crippen LogP contribution in [0.3, 0.4) is 0 Å². The maximum Gasteiger partial charge on any atom is 0.270 e. The molecule has 2 aromatic heterocycles. The number of nitrogens with one attached hydrogen (secondary N) is 1. The lowest BCUT2D eigenvalue weighted by atomic mass is 10.0. The summed E-state index contributed by atoms with van der Waals surface area (Å²) >= 11 is 0. The highest BCUT2D eigenvalue weighted by atomic mass is 16.3. The van der Waals surface area contributed by atoms with Crippen molar-refractivity contribution in [2.75, 3.05) is 6.54 Å². The third-order valence-electron chi connectivity index (χ3n) is 3.45. The van der Waals surface area contributed by atoms with E-state index in [4.69, 9.17) is 0 Å². The van der Waals surface area contributed by atoms with E-state index in [-0.39, 0.29) is 17.0 Å². The molecule has 2 heterocycles. The van der Waals surface area contributed by atoms with Crippen molar-refractivity contribution < 1.29 is 9.90 Å². The van der Waals surface area contributed by atoms with Crippen LogP contribution in [0.1, 0.15) is 36.2 Å². The summed E-state index contributed by atoms with van der Waals surface area (Å²) in [5, 5.41) is 12.0. The second kappa shape index (κ2) is 6.70. The van der Waals surface area contributed by atoms with E-state index in [0.29, 0.717) is 18.6 Å². The molecule has 0 saturated heterocycles. The molecule has 0 aliphatic rings. The van der Waals surface area contributed by atoms with Gasteiger partial charge in [0.2, 0.25) is 0 Å². The number of aryl methyl sites for hydroxylation is 1. The first-order valence-corrected chi connectivity index (χ1v) is 7.32. The van der Waals surface area contributed by atoms with Gasteiger partial charge in [-0.15, -0.1) is 0 Å². The summed E-state index contributed by atoms with van der Waals surface area (Å²) in [7, 11) is 0. The summed E-state index contributed by atoms with van der Waals surface area (Å²) in [5.74, 6) is -0.312. The van der Waals surface area contributed by atoms with E-state index in [1.54, 1.807) is 19.2 Å². The molecule has 0 aromatic carbocycles. The molecule has 0 saturated carbocycles. The number of aromatic nitrogens is 2. The van der Waals surface area contributed by atoms with Crippen molar-refractivity contribution in [1.82, 2.24) is 14.7 Å². The predicted octanol–water partition coefficient (Wildman–Crippen LogP) is 1.14. The normalized spacial score (nSPS) is 13.8. The monoisotopic (exact) mass is 303 g/mol. The maximum atomic E-state index is 12.4. The molecule has 0 aliphatic heterocycles. The van der Waals surface area contributed by atoms with Gasteiger partial charge in [-0.3, -0.25) is 14.0 Å². The van der Waals surface area contributed by atoms with Gasteiger partial charge in [-0.2, -0.15) is 0 Å². The molecule has 0 spiro atoms. The third-order valence-corrected chi connectivity index (χ3v) is 3.45. The number of carbonyl (C=O) groups excluding carboxylic acids is 1. The molecular weight excluding hydrogens is 282 g/mol. The van der Waals surface area contributed by atoms with Crippen LogP contribution in [0.2, 0.25) is 0 Å². The van der Waals surface area contributed by atoms with Crippen LogP contribution < -0.4 is 10.9 Å². The molecule has 118 valence electrons. The van der Waals surface area contributed by atoms with Crippen LogP contribution in [0, 0.1) is 12.8 Å². The number of pyridine rings is 1. The average molecular weight is 303 g/mol. The van der Waals surface area contributed by atoms with Crippen LogP contribution in [0.15, 0.2) is 29.3 Å². The van der Waals surface area contributed by atoms with Crippen LogP contribution in [-0.4, -0.2) is 33.0 Å². The smallest absolute Gasteiger partial charge is 0.270 e. The van der Waals surface area contributed by atoms with Crippen molar-refractivity contribution >= 4 is 11.6 Å². The minimum absolute atomic E-state index is 0.0207. The first kappa shape index (κ1) is 16.2. The Kier molecular flexibility index (Phi) is 4.92. The van der Waals surface area contributed by atoms with Gasteiger partial charge in [0.25, 0.3) is 11.5 Å². The third kappa shape index (κ3) is 3.71. The Morgan fingerprint density at radius 1 is 1.41 bits per heavy atom. The number of rotatable bonds is 5. The zero-order valence-corrected chi connectivity index (χ0v) is 13.0. The second-order valence-corrected chi connectivity index (χ2v) is 5.81. The number of fused-ring (bicyclic) bond motifs is 1.